The molecule has 1 heterocycles. The van der Waals surface area contributed by atoms with Crippen molar-refractivity contribution in [3.05, 3.63) is 40.5 Å². The maximum Gasteiger partial charge on any atom is 0.0681 e. The number of aromatic nitrogens is 2. The second-order valence-electron chi connectivity index (χ2n) is 4.04. The summed E-state index contributed by atoms with van der Waals surface area (Å²) in [5.74, 6) is 0. The lowest BCUT2D eigenvalue weighted by Gasteiger charge is -2.01. The molecule has 3 nitrogen and oxygen atoms in total. The molecule has 90 valence electrons. The Morgan fingerprint density at radius 3 is 2.65 bits per heavy atom. The van der Waals surface area contributed by atoms with Crippen LogP contribution in [0.4, 0.5) is 0 Å². The van der Waals surface area contributed by atoms with Gasteiger partial charge in [0.05, 0.1) is 11.4 Å². The van der Waals surface area contributed by atoms with Gasteiger partial charge in [-0.15, -0.1) is 0 Å². The van der Waals surface area contributed by atoms with Crippen LogP contribution in [-0.2, 0) is 13.5 Å². The van der Waals surface area contributed by atoms with Crippen molar-refractivity contribution in [2.75, 3.05) is 6.54 Å². The van der Waals surface area contributed by atoms with E-state index in [9.17, 15) is 0 Å². The maximum absolute atomic E-state index is 5.51. The van der Waals surface area contributed by atoms with Gasteiger partial charge < -0.3 is 5.73 Å². The van der Waals surface area contributed by atoms with Gasteiger partial charge in [0.1, 0.15) is 0 Å². The number of rotatable bonds is 4. The smallest absolute Gasteiger partial charge is 0.0681 e. The number of benzene rings is 1. The molecule has 4 heteroatoms. The van der Waals surface area contributed by atoms with Crippen molar-refractivity contribution in [3.8, 4) is 11.3 Å². The lowest BCUT2D eigenvalue weighted by atomic mass is 10.1. The van der Waals surface area contributed by atoms with Gasteiger partial charge in [-0.2, -0.15) is 5.10 Å². The molecule has 0 fully saturated rings. The molecule has 0 aliphatic rings. The number of nitrogens with two attached hydrogens (primary N) is 1. The van der Waals surface area contributed by atoms with Crippen LogP contribution in [0.3, 0.4) is 0 Å². The minimum atomic E-state index is 0.712. The summed E-state index contributed by atoms with van der Waals surface area (Å²) < 4.78 is 3.02. The van der Waals surface area contributed by atoms with Gasteiger partial charge in [-0.3, -0.25) is 4.68 Å². The molecule has 1 aromatic carbocycles. The predicted molar refractivity (Wildman–Crippen MR) is 73.7 cm³/mol. The lowest BCUT2D eigenvalue weighted by Crippen LogP contribution is -2.01. The molecule has 0 spiro atoms. The Labute approximate surface area is 110 Å². The molecule has 0 atom stereocenters. The van der Waals surface area contributed by atoms with Crippen molar-refractivity contribution in [1.29, 1.82) is 0 Å². The molecule has 0 unspecified atom stereocenters. The summed E-state index contributed by atoms with van der Waals surface area (Å²) in [7, 11) is 1.98. The van der Waals surface area contributed by atoms with E-state index in [-0.39, 0.29) is 0 Å². The molecule has 17 heavy (non-hydrogen) atoms. The first kappa shape index (κ1) is 12.3. The van der Waals surface area contributed by atoms with Crippen molar-refractivity contribution < 1.29 is 0 Å². The SMILES string of the molecule is Cn1nc(CCCN)cc1-c1ccc(Br)cc1. The Balaban J connectivity index is 2.26. The lowest BCUT2D eigenvalue weighted by molar-refractivity contribution is 0.727. The number of hydrogen-bond acceptors (Lipinski definition) is 2. The quantitative estimate of drug-likeness (QED) is 0.942. The average Bonchev–Trinajstić information content (AvgIpc) is 2.69. The minimum Gasteiger partial charge on any atom is -0.330 e. The van der Waals surface area contributed by atoms with Gasteiger partial charge in [0.25, 0.3) is 0 Å². The minimum absolute atomic E-state index is 0.712. The van der Waals surface area contributed by atoms with Crippen LogP contribution in [0.1, 0.15) is 12.1 Å². The summed E-state index contributed by atoms with van der Waals surface area (Å²) in [5, 5.41) is 4.50. The van der Waals surface area contributed by atoms with E-state index in [1.165, 1.54) is 5.56 Å². The molecular formula is C13H16BrN3. The van der Waals surface area contributed by atoms with Gasteiger partial charge in [-0.25, -0.2) is 0 Å². The van der Waals surface area contributed by atoms with Gasteiger partial charge in [0.2, 0.25) is 0 Å². The first-order valence-corrected chi connectivity index (χ1v) is 6.49. The molecule has 2 N–H and O–H groups in total. The maximum atomic E-state index is 5.51. The molecule has 0 saturated heterocycles. The Morgan fingerprint density at radius 1 is 1.29 bits per heavy atom. The number of nitrogens with zero attached hydrogens (tertiary/aromatic N) is 2. The highest BCUT2D eigenvalue weighted by Gasteiger charge is 2.06. The Kier molecular flexibility index (Phi) is 3.97. The summed E-state index contributed by atoms with van der Waals surface area (Å²) >= 11 is 3.44. The molecule has 0 saturated carbocycles. The van der Waals surface area contributed by atoms with E-state index in [4.69, 9.17) is 5.73 Å². The van der Waals surface area contributed by atoms with Crippen molar-refractivity contribution >= 4 is 15.9 Å². The van der Waals surface area contributed by atoms with E-state index in [0.717, 1.165) is 28.7 Å². The highest BCUT2D eigenvalue weighted by atomic mass is 79.9. The summed E-state index contributed by atoms with van der Waals surface area (Å²) in [6.07, 6.45) is 1.93. The molecule has 0 aliphatic heterocycles. The fourth-order valence-corrected chi connectivity index (χ4v) is 2.09. The third kappa shape index (κ3) is 2.96. The van der Waals surface area contributed by atoms with Gasteiger partial charge in [0, 0.05) is 11.5 Å². The molecule has 0 bridgehead atoms. The third-order valence-corrected chi connectivity index (χ3v) is 3.24. The normalized spacial score (nSPS) is 10.8. The second kappa shape index (κ2) is 5.47. The molecule has 2 aromatic rings. The van der Waals surface area contributed by atoms with Crippen LogP contribution in [-0.4, -0.2) is 16.3 Å². The van der Waals surface area contributed by atoms with Crippen LogP contribution >= 0.6 is 15.9 Å². The van der Waals surface area contributed by atoms with Crippen molar-refractivity contribution in [3.63, 3.8) is 0 Å². The van der Waals surface area contributed by atoms with Crippen LogP contribution in [0, 0.1) is 0 Å². The summed E-state index contributed by atoms with van der Waals surface area (Å²) in [5.41, 5.74) is 8.94. The standard InChI is InChI=1S/C13H16BrN3/c1-17-13(9-12(16-17)3-2-8-15)10-4-6-11(14)7-5-10/h4-7,9H,2-3,8,15H2,1H3. The van der Waals surface area contributed by atoms with E-state index in [0.29, 0.717) is 6.54 Å². The monoisotopic (exact) mass is 293 g/mol. The Hall–Kier alpha value is -1.13. The first-order chi connectivity index (χ1) is 8.20. The number of halogens is 1. The predicted octanol–water partition coefficient (Wildman–Crippen LogP) is 2.74. The Morgan fingerprint density at radius 2 is 2.00 bits per heavy atom. The van der Waals surface area contributed by atoms with Crippen molar-refractivity contribution in [2.24, 2.45) is 12.8 Å². The molecular weight excluding hydrogens is 278 g/mol. The third-order valence-electron chi connectivity index (χ3n) is 2.71. The molecule has 0 aliphatic carbocycles. The summed E-state index contributed by atoms with van der Waals surface area (Å²) in [6, 6.07) is 10.4. The zero-order valence-corrected chi connectivity index (χ0v) is 11.4. The van der Waals surface area contributed by atoms with Crippen LogP contribution in [0.15, 0.2) is 34.8 Å². The zero-order valence-electron chi connectivity index (χ0n) is 9.86. The van der Waals surface area contributed by atoms with E-state index in [1.54, 1.807) is 0 Å². The van der Waals surface area contributed by atoms with Crippen LogP contribution in [0.5, 0.6) is 0 Å². The largest absolute Gasteiger partial charge is 0.330 e. The topological polar surface area (TPSA) is 43.8 Å². The van der Waals surface area contributed by atoms with E-state index < -0.39 is 0 Å². The van der Waals surface area contributed by atoms with Crippen LogP contribution < -0.4 is 5.73 Å². The van der Waals surface area contributed by atoms with Gasteiger partial charge in [-0.05, 0) is 43.1 Å². The molecule has 0 amide bonds. The Bertz CT molecular complexity index is 488. The first-order valence-electron chi connectivity index (χ1n) is 5.69. The van der Waals surface area contributed by atoms with Gasteiger partial charge >= 0.3 is 0 Å². The highest BCUT2D eigenvalue weighted by Crippen LogP contribution is 2.22. The zero-order chi connectivity index (χ0) is 12.3. The number of aryl methyl sites for hydroxylation is 2. The van der Waals surface area contributed by atoms with Crippen LogP contribution in [0.25, 0.3) is 11.3 Å². The molecule has 1 aromatic heterocycles. The number of hydrogen-bond donors (Lipinski definition) is 1. The van der Waals surface area contributed by atoms with Gasteiger partial charge in [-0.1, -0.05) is 28.1 Å². The van der Waals surface area contributed by atoms with E-state index in [1.807, 2.05) is 23.9 Å². The fraction of sp³-hybridized carbons (Fsp3) is 0.308. The van der Waals surface area contributed by atoms with Crippen molar-refractivity contribution in [2.45, 2.75) is 12.8 Å². The second-order valence-corrected chi connectivity index (χ2v) is 4.96. The van der Waals surface area contributed by atoms with Gasteiger partial charge in [0.15, 0.2) is 0 Å². The van der Waals surface area contributed by atoms with E-state index >= 15 is 0 Å². The highest BCUT2D eigenvalue weighted by molar-refractivity contribution is 9.10. The van der Waals surface area contributed by atoms with E-state index in [2.05, 4.69) is 39.2 Å². The summed E-state index contributed by atoms with van der Waals surface area (Å²) in [4.78, 5) is 0. The summed E-state index contributed by atoms with van der Waals surface area (Å²) in [6.45, 7) is 0.712. The van der Waals surface area contributed by atoms with Crippen LogP contribution in [0.2, 0.25) is 0 Å². The molecule has 2 rings (SSSR count). The van der Waals surface area contributed by atoms with Crippen molar-refractivity contribution in [1.82, 2.24) is 9.78 Å². The fourth-order valence-electron chi connectivity index (χ4n) is 1.82. The average molecular weight is 294 g/mol. The molecule has 0 radical (unpaired) electrons.